The number of carbonyl (C=O) groups excluding carboxylic acids is 3. The van der Waals surface area contributed by atoms with E-state index in [1.807, 2.05) is 18.2 Å². The molecule has 2 aromatic carbocycles. The van der Waals surface area contributed by atoms with Crippen LogP contribution in [0.4, 0.5) is 4.79 Å². The molecule has 1 N–H and O–H groups in total. The minimum Gasteiger partial charge on any atom is -0.493 e. The fourth-order valence-corrected chi connectivity index (χ4v) is 4.41. The van der Waals surface area contributed by atoms with E-state index in [4.69, 9.17) is 9.47 Å². The summed E-state index contributed by atoms with van der Waals surface area (Å²) in [6, 6.07) is 11.5. The van der Waals surface area contributed by atoms with Crippen LogP contribution in [-0.2, 0) is 28.1 Å². The van der Waals surface area contributed by atoms with Crippen LogP contribution in [-0.4, -0.2) is 54.5 Å². The molecule has 2 heterocycles. The number of hydrogen-bond donors (Lipinski definition) is 1. The SMILES string of the molecule is COc1ccc(C2(C)NC(=O)N(C(C)C(=O)N3CCc4ccccc4C3)C2=O)cc1OC. The maximum Gasteiger partial charge on any atom is 0.326 e. The highest BCUT2D eigenvalue weighted by molar-refractivity contribution is 6.10. The molecule has 2 aromatic rings. The first kappa shape index (κ1) is 21.7. The van der Waals surface area contributed by atoms with Crippen molar-refractivity contribution < 1.29 is 23.9 Å². The fraction of sp³-hybridized carbons (Fsp3) is 0.375. The summed E-state index contributed by atoms with van der Waals surface area (Å²) in [5.41, 5.74) is 1.54. The van der Waals surface area contributed by atoms with Crippen molar-refractivity contribution in [1.82, 2.24) is 15.1 Å². The number of rotatable bonds is 5. The van der Waals surface area contributed by atoms with Gasteiger partial charge in [0, 0.05) is 13.1 Å². The molecule has 2 aliphatic heterocycles. The van der Waals surface area contributed by atoms with Crippen molar-refractivity contribution in [1.29, 1.82) is 0 Å². The highest BCUT2D eigenvalue weighted by atomic mass is 16.5. The molecule has 0 aliphatic carbocycles. The monoisotopic (exact) mass is 437 g/mol. The number of hydrogen-bond acceptors (Lipinski definition) is 5. The zero-order valence-corrected chi connectivity index (χ0v) is 18.7. The molecule has 4 amide bonds. The molecule has 0 aromatic heterocycles. The van der Waals surface area contributed by atoms with Gasteiger partial charge in [-0.2, -0.15) is 0 Å². The van der Waals surface area contributed by atoms with Gasteiger partial charge < -0.3 is 19.7 Å². The van der Waals surface area contributed by atoms with Crippen LogP contribution in [0, 0.1) is 0 Å². The molecular formula is C24H27N3O5. The molecule has 2 unspecified atom stereocenters. The van der Waals surface area contributed by atoms with E-state index in [0.717, 1.165) is 16.9 Å². The molecule has 0 saturated carbocycles. The molecule has 168 valence electrons. The number of nitrogens with zero attached hydrogens (tertiary/aromatic N) is 2. The number of carbonyl (C=O) groups is 3. The lowest BCUT2D eigenvalue weighted by atomic mass is 9.91. The summed E-state index contributed by atoms with van der Waals surface area (Å²) in [5.74, 6) is 0.234. The van der Waals surface area contributed by atoms with Crippen LogP contribution < -0.4 is 14.8 Å². The van der Waals surface area contributed by atoms with Gasteiger partial charge in [-0.3, -0.25) is 9.59 Å². The molecule has 8 heteroatoms. The van der Waals surface area contributed by atoms with E-state index in [2.05, 4.69) is 11.4 Å². The highest BCUT2D eigenvalue weighted by Gasteiger charge is 2.52. The van der Waals surface area contributed by atoms with Crippen LogP contribution in [0.25, 0.3) is 0 Å². The predicted octanol–water partition coefficient (Wildman–Crippen LogP) is 2.44. The standard InChI is InChI=1S/C24H27N3O5/c1-15(21(28)26-12-11-16-7-5-6-8-17(16)14-26)27-22(29)24(2,25-23(27)30)18-9-10-19(31-3)20(13-18)32-4/h5-10,13,15H,11-12,14H2,1-4H3,(H,25,30). The Bertz CT molecular complexity index is 1090. The van der Waals surface area contributed by atoms with E-state index in [1.165, 1.54) is 19.8 Å². The summed E-state index contributed by atoms with van der Waals surface area (Å²) in [4.78, 5) is 42.2. The molecule has 8 nitrogen and oxygen atoms in total. The van der Waals surface area contributed by atoms with Crippen molar-refractivity contribution in [3.63, 3.8) is 0 Å². The molecule has 2 atom stereocenters. The van der Waals surface area contributed by atoms with Crippen LogP contribution in [0.2, 0.25) is 0 Å². The largest absolute Gasteiger partial charge is 0.493 e. The number of methoxy groups -OCH3 is 2. The van der Waals surface area contributed by atoms with Gasteiger partial charge in [-0.25, -0.2) is 9.69 Å². The number of benzene rings is 2. The molecule has 1 saturated heterocycles. The summed E-state index contributed by atoms with van der Waals surface area (Å²) in [6.07, 6.45) is 0.748. The average molecular weight is 437 g/mol. The van der Waals surface area contributed by atoms with Crippen molar-refractivity contribution in [2.75, 3.05) is 20.8 Å². The average Bonchev–Trinajstić information content (AvgIpc) is 3.05. The Morgan fingerprint density at radius 3 is 2.44 bits per heavy atom. The molecule has 2 aliphatic rings. The van der Waals surface area contributed by atoms with Gasteiger partial charge in [0.15, 0.2) is 11.5 Å². The van der Waals surface area contributed by atoms with Gasteiger partial charge in [-0.15, -0.1) is 0 Å². The van der Waals surface area contributed by atoms with E-state index in [1.54, 1.807) is 36.9 Å². The Morgan fingerprint density at radius 2 is 1.75 bits per heavy atom. The van der Waals surface area contributed by atoms with Gasteiger partial charge in [0.25, 0.3) is 5.91 Å². The van der Waals surface area contributed by atoms with Crippen LogP contribution in [0.1, 0.15) is 30.5 Å². The van der Waals surface area contributed by atoms with Crippen molar-refractivity contribution >= 4 is 17.8 Å². The summed E-state index contributed by atoms with van der Waals surface area (Å²) in [6.45, 7) is 4.25. The van der Waals surface area contributed by atoms with Gasteiger partial charge >= 0.3 is 6.03 Å². The zero-order valence-electron chi connectivity index (χ0n) is 18.7. The topological polar surface area (TPSA) is 88.2 Å². The lowest BCUT2D eigenvalue weighted by Crippen LogP contribution is -2.51. The molecule has 4 rings (SSSR count). The van der Waals surface area contributed by atoms with Crippen LogP contribution >= 0.6 is 0 Å². The molecule has 1 fully saturated rings. The van der Waals surface area contributed by atoms with E-state index in [-0.39, 0.29) is 5.91 Å². The first-order valence-corrected chi connectivity index (χ1v) is 10.5. The van der Waals surface area contributed by atoms with E-state index >= 15 is 0 Å². The van der Waals surface area contributed by atoms with Gasteiger partial charge in [-0.1, -0.05) is 30.3 Å². The van der Waals surface area contributed by atoms with E-state index in [0.29, 0.717) is 30.2 Å². The fourth-order valence-electron chi connectivity index (χ4n) is 4.41. The predicted molar refractivity (Wildman–Crippen MR) is 117 cm³/mol. The number of ether oxygens (including phenoxy) is 2. The lowest BCUT2D eigenvalue weighted by Gasteiger charge is -2.33. The minimum atomic E-state index is -1.32. The second-order valence-electron chi connectivity index (χ2n) is 8.25. The van der Waals surface area contributed by atoms with Crippen LogP contribution in [0.3, 0.4) is 0 Å². The molecule has 32 heavy (non-hydrogen) atoms. The lowest BCUT2D eigenvalue weighted by molar-refractivity contribution is -0.143. The van der Waals surface area contributed by atoms with Gasteiger partial charge in [0.1, 0.15) is 11.6 Å². The second kappa shape index (κ2) is 8.18. The van der Waals surface area contributed by atoms with Crippen LogP contribution in [0.5, 0.6) is 11.5 Å². The third kappa shape index (κ3) is 3.45. The summed E-state index contributed by atoms with van der Waals surface area (Å²) in [7, 11) is 3.03. The molecule has 0 radical (unpaired) electrons. The van der Waals surface area contributed by atoms with Crippen molar-refractivity contribution in [3.8, 4) is 11.5 Å². The van der Waals surface area contributed by atoms with Gasteiger partial charge in [0.2, 0.25) is 5.91 Å². The number of urea groups is 1. The minimum absolute atomic E-state index is 0.250. The number of amides is 4. The summed E-state index contributed by atoms with van der Waals surface area (Å²) in [5, 5.41) is 2.76. The van der Waals surface area contributed by atoms with Crippen LogP contribution in [0.15, 0.2) is 42.5 Å². The highest BCUT2D eigenvalue weighted by Crippen LogP contribution is 2.36. The molecule has 0 bridgehead atoms. The second-order valence-corrected chi connectivity index (χ2v) is 8.25. The van der Waals surface area contributed by atoms with E-state index < -0.39 is 23.5 Å². The molecular weight excluding hydrogens is 410 g/mol. The quantitative estimate of drug-likeness (QED) is 0.726. The number of imide groups is 1. The third-order valence-electron chi connectivity index (χ3n) is 6.37. The Balaban J connectivity index is 1.57. The summed E-state index contributed by atoms with van der Waals surface area (Å²) < 4.78 is 10.6. The number of fused-ring (bicyclic) bond motifs is 1. The maximum atomic E-state index is 13.4. The normalized spacial score (nSPS) is 21.1. The van der Waals surface area contributed by atoms with Crippen molar-refractivity contribution in [3.05, 3.63) is 59.2 Å². The van der Waals surface area contributed by atoms with Gasteiger partial charge in [0.05, 0.1) is 14.2 Å². The Kier molecular flexibility index (Phi) is 5.54. The number of nitrogens with one attached hydrogen (secondary N) is 1. The smallest absolute Gasteiger partial charge is 0.326 e. The Hall–Kier alpha value is -3.55. The van der Waals surface area contributed by atoms with Gasteiger partial charge in [-0.05, 0) is 49.1 Å². The maximum absolute atomic E-state index is 13.4. The summed E-state index contributed by atoms with van der Waals surface area (Å²) >= 11 is 0. The Morgan fingerprint density at radius 1 is 1.06 bits per heavy atom. The first-order valence-electron chi connectivity index (χ1n) is 10.5. The van der Waals surface area contributed by atoms with E-state index in [9.17, 15) is 14.4 Å². The first-order chi connectivity index (χ1) is 15.3. The van der Waals surface area contributed by atoms with Crippen molar-refractivity contribution in [2.24, 2.45) is 0 Å². The van der Waals surface area contributed by atoms with Crippen molar-refractivity contribution in [2.45, 2.75) is 38.4 Å². The Labute approximate surface area is 187 Å². The molecule has 0 spiro atoms. The zero-order chi connectivity index (χ0) is 23.0. The third-order valence-corrected chi connectivity index (χ3v) is 6.37.